The second-order valence-electron chi connectivity index (χ2n) is 28.7. The second-order valence-corrected chi connectivity index (χ2v) is 29.2. The number of likely N-dealkylation sites (tertiary alicyclic amines) is 1. The fraction of sp³-hybridized carbons (Fsp3) is 0.420. The van der Waals surface area contributed by atoms with Crippen LogP contribution in [0.3, 0.4) is 0 Å². The average Bonchev–Trinajstić information content (AvgIpc) is 0.937. The molecule has 31 nitrogen and oxygen atoms in total. The Morgan fingerprint density at radius 3 is 1.49 bits per heavy atom. The first kappa shape index (κ1) is 88.5. The van der Waals surface area contributed by atoms with Crippen LogP contribution in [0.4, 0.5) is 11.4 Å². The van der Waals surface area contributed by atoms with Crippen LogP contribution < -0.4 is 63.8 Å². The van der Waals surface area contributed by atoms with Crippen molar-refractivity contribution in [3.63, 3.8) is 0 Å². The number of halogens is 1. The van der Waals surface area contributed by atoms with E-state index in [-0.39, 0.29) is 80.8 Å². The second kappa shape index (κ2) is 43.2. The van der Waals surface area contributed by atoms with Crippen LogP contribution in [0, 0.1) is 5.92 Å². The lowest BCUT2D eigenvalue weighted by Crippen LogP contribution is -2.62. The van der Waals surface area contributed by atoms with Gasteiger partial charge >= 0.3 is 5.97 Å². The predicted octanol–water partition coefficient (Wildman–Crippen LogP) is 3.49. The van der Waals surface area contributed by atoms with E-state index in [1.54, 1.807) is 117 Å². The summed E-state index contributed by atoms with van der Waals surface area (Å²) in [7, 11) is 1.30. The molecule has 604 valence electrons. The molecule has 6 aromatic rings. The number of hydrogen-bond acceptors (Lipinski definition) is 17. The van der Waals surface area contributed by atoms with E-state index in [2.05, 4.69) is 68.8 Å². The molecular formula is C81H102ClN15O16. The molecular weight excluding hydrogens is 1470 g/mol. The summed E-state index contributed by atoms with van der Waals surface area (Å²) >= 11 is 6.26. The molecule has 1 saturated heterocycles. The molecule has 5 aromatic carbocycles. The number of pyridine rings is 1. The number of benzene rings is 5. The summed E-state index contributed by atoms with van der Waals surface area (Å²) in [5.74, 6) is -11.9. The Kier molecular flexibility index (Phi) is 33.8. The number of aromatic nitrogens is 1. The molecule has 1 fully saturated rings. The zero-order valence-corrected chi connectivity index (χ0v) is 65.5. The van der Waals surface area contributed by atoms with Gasteiger partial charge in [-0.15, -0.1) is 0 Å². The molecule has 7 rings (SSSR count). The number of aliphatic hydroxyl groups excluding tert-OH is 1. The topological polar surface area (TPSA) is 443 Å². The maximum absolute atomic E-state index is 15.3. The fourth-order valence-electron chi connectivity index (χ4n) is 12.7. The fourth-order valence-corrected chi connectivity index (χ4v) is 12.9. The molecule has 113 heavy (non-hydrogen) atoms. The first-order chi connectivity index (χ1) is 53.7. The van der Waals surface area contributed by atoms with E-state index in [1.807, 2.05) is 26.0 Å². The number of likely N-dealkylation sites (N-methyl/N-ethyl adjacent to an activating group) is 1. The molecule has 10 atom stereocenters. The molecule has 0 radical (unpaired) electrons. The number of carboxylic acids is 1. The van der Waals surface area contributed by atoms with Gasteiger partial charge < -0.3 is 83.8 Å². The number of carbonyl (C=O) groups excluding carboxylic acids is 13. The third-order valence-corrected chi connectivity index (χ3v) is 18.8. The van der Waals surface area contributed by atoms with Gasteiger partial charge in [-0.25, -0.2) is 0 Å². The van der Waals surface area contributed by atoms with Gasteiger partial charge in [-0.1, -0.05) is 112 Å². The molecule has 0 bridgehead atoms. The molecule has 0 spiro atoms. The number of unbranched alkanes of at least 4 members (excludes halogenated alkanes) is 1. The van der Waals surface area contributed by atoms with Crippen molar-refractivity contribution < 1.29 is 77.3 Å². The molecule has 1 aliphatic heterocycles. The standard InChI is InChI=1S/C81H102ClN15O16/c1-46(2)38-63(71(102)89-62(19-12-13-36-84-47(3)4)80(111)97-37-15-20-69(97)77(108)85-48(5)81(112)113)90-72(103)64(40-53-23-31-60(32-24-53)86-49(6)99)91-73(104)65(41-54-25-33-61(34-26-54)87-50(7)100)93-76(107)68(45-98)95-75(106)67(42-55-16-14-35-83-44-55)92-74(105)66(39-52-21-29-59(82)30-22-52)94-78(109)70(88-51(8)101)96(9)79(110)58-28-27-56-17-10-11-18-57(56)43-58/h10-11,14,16-18,21-35,43-44,46-48,62-70,84,98H,12-13,15,19-20,36-42,45H2,1-9H3,(H,85,108)(H,86,99)(H,87,100)(H,88,101)(H,89,102)(H,90,103)(H,91,104)(H,92,105)(H,93,107)(H,94,109)(H,95,106)(H,112,113)/t48-,62+,63+,64-,65+,66-,67-,68+,69+,70-/m1/s1. The number of hydrogen-bond donors (Lipinski definition) is 14. The molecule has 32 heteroatoms. The Labute approximate surface area is 660 Å². The Morgan fingerprint density at radius 1 is 0.522 bits per heavy atom. The van der Waals surface area contributed by atoms with E-state index in [1.165, 1.54) is 57.2 Å². The van der Waals surface area contributed by atoms with Crippen molar-refractivity contribution in [1.29, 1.82) is 0 Å². The number of rotatable bonds is 40. The van der Waals surface area contributed by atoms with Gasteiger partial charge in [-0.3, -0.25) is 72.1 Å². The van der Waals surface area contributed by atoms with Crippen LogP contribution in [0.25, 0.3) is 10.8 Å². The molecule has 13 amide bonds. The van der Waals surface area contributed by atoms with Crippen LogP contribution in [-0.2, 0) is 88.0 Å². The first-order valence-electron chi connectivity index (χ1n) is 37.5. The minimum absolute atomic E-state index is 0.00533. The van der Waals surface area contributed by atoms with E-state index in [0.717, 1.165) is 22.6 Å². The van der Waals surface area contributed by atoms with Crippen molar-refractivity contribution in [2.45, 2.75) is 186 Å². The van der Waals surface area contributed by atoms with Crippen molar-refractivity contribution in [2.75, 3.05) is 37.4 Å². The quantitative estimate of drug-likeness (QED) is 0.0193. The van der Waals surface area contributed by atoms with Crippen LogP contribution in [0.5, 0.6) is 0 Å². The number of anilines is 2. The summed E-state index contributed by atoms with van der Waals surface area (Å²) in [6, 6.07) is 21.0. The van der Waals surface area contributed by atoms with Gasteiger partial charge in [0.1, 0.15) is 54.4 Å². The van der Waals surface area contributed by atoms with Crippen molar-refractivity contribution in [1.82, 2.24) is 68.0 Å². The third-order valence-electron chi connectivity index (χ3n) is 18.6. The van der Waals surface area contributed by atoms with Gasteiger partial charge in [-0.2, -0.15) is 0 Å². The summed E-state index contributed by atoms with van der Waals surface area (Å²) in [5.41, 5.74) is 2.61. The maximum atomic E-state index is 15.3. The van der Waals surface area contributed by atoms with Crippen LogP contribution >= 0.6 is 11.6 Å². The van der Waals surface area contributed by atoms with E-state index in [9.17, 15) is 67.7 Å². The molecule has 0 saturated carbocycles. The number of fused-ring (bicyclic) bond motifs is 1. The normalized spacial score (nSPS) is 14.9. The summed E-state index contributed by atoms with van der Waals surface area (Å²) in [6.07, 6.45) is 1.73. The highest BCUT2D eigenvalue weighted by molar-refractivity contribution is 6.30. The minimum atomic E-state index is -1.90. The molecule has 1 aliphatic rings. The highest BCUT2D eigenvalue weighted by Gasteiger charge is 2.41. The van der Waals surface area contributed by atoms with Gasteiger partial charge in [0.2, 0.25) is 65.0 Å². The lowest BCUT2D eigenvalue weighted by atomic mass is 9.99. The Balaban J connectivity index is 1.19. The highest BCUT2D eigenvalue weighted by atomic mass is 35.5. The van der Waals surface area contributed by atoms with Crippen LogP contribution in [0.1, 0.15) is 127 Å². The summed E-state index contributed by atoms with van der Waals surface area (Å²) in [6.45, 7) is 12.2. The van der Waals surface area contributed by atoms with E-state index in [4.69, 9.17) is 11.6 Å². The molecule has 14 N–H and O–H groups in total. The van der Waals surface area contributed by atoms with Crippen LogP contribution in [0.15, 0.2) is 140 Å². The SMILES string of the molecule is CC(=O)Nc1ccc(C[C@H](NC(=O)[C@H](CO)NC(=O)[C@@H](Cc2cccnc2)NC(=O)[C@@H](Cc2ccc(Cl)cc2)NC(=O)[C@H](NC(C)=O)N(C)C(=O)c2ccc3ccccc3c2)C(=O)N[C@H](Cc2ccc(NC(C)=O)cc2)C(=O)N[C@@H](CC(C)C)C(=O)N[C@@H](CCCCNC(C)C)C(=O)N2CCC[C@H]2C(=O)N[C@H](C)C(=O)O)cc1. The Bertz CT molecular complexity index is 4340. The summed E-state index contributed by atoms with van der Waals surface area (Å²) in [5, 5.41) is 55.0. The van der Waals surface area contributed by atoms with Crippen LogP contribution in [-0.4, -0.2) is 201 Å². The van der Waals surface area contributed by atoms with Crippen molar-refractivity contribution >= 4 is 117 Å². The lowest BCUT2D eigenvalue weighted by Gasteiger charge is -2.31. The van der Waals surface area contributed by atoms with Gasteiger partial charge in [-0.05, 0) is 146 Å². The average molecular weight is 1580 g/mol. The first-order valence-corrected chi connectivity index (χ1v) is 37.8. The highest BCUT2D eigenvalue weighted by Crippen LogP contribution is 2.23. The zero-order chi connectivity index (χ0) is 82.6. The van der Waals surface area contributed by atoms with Crippen molar-refractivity contribution in [3.8, 4) is 0 Å². The number of nitrogens with zero attached hydrogens (tertiary/aromatic N) is 3. The largest absolute Gasteiger partial charge is 0.480 e. The van der Waals surface area contributed by atoms with Crippen molar-refractivity contribution in [3.05, 3.63) is 173 Å². The van der Waals surface area contributed by atoms with E-state index in [0.29, 0.717) is 64.5 Å². The minimum Gasteiger partial charge on any atom is -0.480 e. The van der Waals surface area contributed by atoms with Gasteiger partial charge in [0, 0.05) is 100 Å². The number of nitrogens with one attached hydrogen (secondary N) is 12. The molecule has 0 unspecified atom stereocenters. The number of aliphatic carboxylic acids is 1. The smallest absolute Gasteiger partial charge is 0.325 e. The van der Waals surface area contributed by atoms with Gasteiger partial charge in [0.25, 0.3) is 11.8 Å². The zero-order valence-electron chi connectivity index (χ0n) is 64.7. The maximum Gasteiger partial charge on any atom is 0.325 e. The third kappa shape index (κ3) is 27.9. The van der Waals surface area contributed by atoms with E-state index >= 15 is 9.59 Å². The Morgan fingerprint density at radius 2 is 1.00 bits per heavy atom. The van der Waals surface area contributed by atoms with Gasteiger partial charge in [0.15, 0.2) is 6.17 Å². The number of amides is 13. The van der Waals surface area contributed by atoms with Crippen LogP contribution in [0.2, 0.25) is 5.02 Å². The van der Waals surface area contributed by atoms with E-state index < -0.39 is 138 Å². The number of carboxylic acid groups (broad SMARTS) is 1. The molecule has 0 aliphatic carbocycles. The monoisotopic (exact) mass is 1580 g/mol. The lowest BCUT2D eigenvalue weighted by molar-refractivity contribution is -0.144. The predicted molar refractivity (Wildman–Crippen MR) is 423 cm³/mol. The summed E-state index contributed by atoms with van der Waals surface area (Å²) < 4.78 is 0. The molecule has 2 heterocycles. The molecule has 1 aromatic heterocycles. The number of carbonyl (C=O) groups is 14. The van der Waals surface area contributed by atoms with Crippen molar-refractivity contribution in [2.24, 2.45) is 5.92 Å². The Hall–Kier alpha value is -11.7. The summed E-state index contributed by atoms with van der Waals surface area (Å²) in [4.78, 5) is 202. The number of aliphatic hydroxyl groups is 1. The van der Waals surface area contributed by atoms with Gasteiger partial charge in [0.05, 0.1) is 6.61 Å².